The van der Waals surface area contributed by atoms with E-state index in [4.69, 9.17) is 11.5 Å². The highest BCUT2D eigenvalue weighted by Gasteiger charge is 2.37. The lowest BCUT2D eigenvalue weighted by Crippen LogP contribution is -2.33. The number of aromatic amines is 1. The van der Waals surface area contributed by atoms with Crippen LogP contribution in [0.3, 0.4) is 0 Å². The van der Waals surface area contributed by atoms with Crippen molar-refractivity contribution < 1.29 is 55.5 Å². The van der Waals surface area contributed by atoms with E-state index in [-0.39, 0.29) is 45.6 Å². The molecule has 2 aromatic carbocycles. The minimum Gasteiger partial charge on any atom is -0.395 e. The number of hydrogen-bond acceptors (Lipinski definition) is 9. The van der Waals surface area contributed by atoms with Crippen LogP contribution in [0.4, 0.5) is 35.1 Å². The minimum absolute atomic E-state index is 0.0000402. The van der Waals surface area contributed by atoms with Crippen LogP contribution in [-0.2, 0) is 0 Å². The standard InChI is InChI=1S/C37H26F8N6O4/c38-28-24(29(39)33(43)26(32(28)42)36(54)14(46)10-52)22-18-3-1-12(48-18)9-13-2-4-19(49-13)23(21-8-6-17(51-21)16-5-7-20(22)50-16)25-30(40)34(44)27(35(45)31(25)41)37(55)15(47)11-53/h1-9,14-15,36-37,50,52-55H,10-11,46-47H2. The Labute approximate surface area is 304 Å². The molecule has 0 spiro atoms. The predicted octanol–water partition coefficient (Wildman–Crippen LogP) is 4.28. The van der Waals surface area contributed by atoms with Gasteiger partial charge in [0.2, 0.25) is 0 Å². The second-order valence-electron chi connectivity index (χ2n) is 12.6. The number of allylic oxidation sites excluding steroid dienone is 8. The first-order valence-electron chi connectivity index (χ1n) is 16.2. The van der Waals surface area contributed by atoms with Crippen LogP contribution in [0.1, 0.15) is 45.8 Å². The van der Waals surface area contributed by atoms with Crippen molar-refractivity contribution >= 4 is 28.3 Å². The van der Waals surface area contributed by atoms with Gasteiger partial charge in [-0.3, -0.25) is 0 Å². The van der Waals surface area contributed by atoms with E-state index in [1.165, 1.54) is 54.7 Å². The molecule has 0 saturated heterocycles. The highest BCUT2D eigenvalue weighted by atomic mass is 19.2. The van der Waals surface area contributed by atoms with E-state index < -0.39 is 117 Å². The molecule has 7 rings (SSSR count). The van der Waals surface area contributed by atoms with Crippen molar-refractivity contribution in [1.29, 1.82) is 0 Å². The fraction of sp³-hybridized carbons (Fsp3) is 0.162. The van der Waals surface area contributed by atoms with Gasteiger partial charge in [0, 0.05) is 16.8 Å². The monoisotopic (exact) mass is 770 g/mol. The van der Waals surface area contributed by atoms with Gasteiger partial charge in [0.05, 0.1) is 87.5 Å². The Morgan fingerprint density at radius 1 is 0.545 bits per heavy atom. The van der Waals surface area contributed by atoms with Gasteiger partial charge < -0.3 is 36.9 Å². The second-order valence-corrected chi connectivity index (χ2v) is 12.6. The Hall–Kier alpha value is -5.63. The zero-order valence-electron chi connectivity index (χ0n) is 27.7. The Balaban J connectivity index is 1.45. The van der Waals surface area contributed by atoms with Crippen LogP contribution in [0.5, 0.6) is 0 Å². The summed E-state index contributed by atoms with van der Waals surface area (Å²) in [5.41, 5.74) is 3.89. The molecule has 10 nitrogen and oxygen atoms in total. The third-order valence-corrected chi connectivity index (χ3v) is 9.18. The topological polar surface area (TPSA) is 186 Å². The molecule has 4 aliphatic heterocycles. The smallest absolute Gasteiger partial charge is 0.170 e. The van der Waals surface area contributed by atoms with Crippen LogP contribution < -0.4 is 11.5 Å². The van der Waals surface area contributed by atoms with E-state index >= 15 is 35.1 Å². The molecule has 1 aromatic heterocycles. The van der Waals surface area contributed by atoms with Gasteiger partial charge in [-0.1, -0.05) is 0 Å². The summed E-state index contributed by atoms with van der Waals surface area (Å²) in [5.74, 6) is -15.7. The molecule has 4 atom stereocenters. The number of rotatable bonds is 8. The summed E-state index contributed by atoms with van der Waals surface area (Å²) in [7, 11) is 0. The molecule has 0 saturated carbocycles. The number of nitrogens with zero attached hydrogens (tertiary/aromatic N) is 3. The molecular weight excluding hydrogens is 744 g/mol. The summed E-state index contributed by atoms with van der Waals surface area (Å²) in [4.78, 5) is 15.9. The summed E-state index contributed by atoms with van der Waals surface area (Å²) >= 11 is 0. The van der Waals surface area contributed by atoms with E-state index in [2.05, 4.69) is 20.0 Å². The van der Waals surface area contributed by atoms with Crippen molar-refractivity contribution in [2.75, 3.05) is 13.2 Å². The third kappa shape index (κ3) is 6.12. The van der Waals surface area contributed by atoms with Gasteiger partial charge in [-0.2, -0.15) is 0 Å². The fourth-order valence-electron chi connectivity index (χ4n) is 6.36. The van der Waals surface area contributed by atoms with Gasteiger partial charge >= 0.3 is 0 Å². The molecule has 0 fully saturated rings. The van der Waals surface area contributed by atoms with Crippen LogP contribution >= 0.6 is 0 Å². The molecule has 4 aliphatic rings. The SMILES string of the molecule is NC(CO)C(O)c1c(F)c(F)c(C2=C3C=CC(=N3)c3ccc([nH]3)C(c3c(F)c(F)c(C(O)C(N)CO)c(F)c3F)=C3C=CC(=N3)C=C3C=CC2=N3)c(F)c1F. The Kier molecular flexibility index (Phi) is 9.74. The molecule has 5 heterocycles. The number of aliphatic hydroxyl groups excluding tert-OH is 4. The number of aliphatic imine (C=N–C) groups is 3. The van der Waals surface area contributed by atoms with Gasteiger partial charge in [-0.15, -0.1) is 0 Å². The van der Waals surface area contributed by atoms with Crippen LogP contribution in [0.2, 0.25) is 0 Å². The lowest BCUT2D eigenvalue weighted by Gasteiger charge is -2.21. The highest BCUT2D eigenvalue weighted by molar-refractivity contribution is 6.32. The summed E-state index contributed by atoms with van der Waals surface area (Å²) in [6.07, 6.45) is 4.39. The number of fused-ring (bicyclic) bond motifs is 6. The molecule has 0 radical (unpaired) electrons. The maximum atomic E-state index is 15.9. The van der Waals surface area contributed by atoms with Gasteiger partial charge in [-0.05, 0) is 54.7 Å². The maximum absolute atomic E-state index is 15.9. The molecule has 0 amide bonds. The molecule has 4 unspecified atom stereocenters. The molecule has 0 aliphatic carbocycles. The van der Waals surface area contributed by atoms with Crippen LogP contribution in [0.25, 0.3) is 11.1 Å². The Bertz CT molecular complexity index is 2420. The third-order valence-electron chi connectivity index (χ3n) is 9.18. The number of benzene rings is 2. The van der Waals surface area contributed by atoms with Crippen molar-refractivity contribution in [3.63, 3.8) is 0 Å². The average Bonchev–Trinajstić information content (AvgIpc) is 4.01. The van der Waals surface area contributed by atoms with E-state index in [1.54, 1.807) is 0 Å². The van der Waals surface area contributed by atoms with Gasteiger partial charge in [0.15, 0.2) is 46.5 Å². The molecule has 284 valence electrons. The molecule has 18 heteroatoms. The van der Waals surface area contributed by atoms with Gasteiger partial charge in [0.1, 0.15) is 12.2 Å². The fourth-order valence-corrected chi connectivity index (χ4v) is 6.36. The van der Waals surface area contributed by atoms with Crippen molar-refractivity contribution in [2.45, 2.75) is 24.3 Å². The van der Waals surface area contributed by atoms with Crippen LogP contribution in [0, 0.1) is 46.5 Å². The average molecular weight is 771 g/mol. The van der Waals surface area contributed by atoms with E-state index in [0.717, 1.165) is 0 Å². The van der Waals surface area contributed by atoms with Crippen molar-refractivity contribution in [1.82, 2.24) is 4.98 Å². The van der Waals surface area contributed by atoms with E-state index in [9.17, 15) is 20.4 Å². The number of nitrogens with two attached hydrogens (primary N) is 2. The Morgan fingerprint density at radius 2 is 1.02 bits per heavy atom. The number of halogens is 8. The molecule has 3 aromatic rings. The number of nitrogens with one attached hydrogen (secondary N) is 1. The van der Waals surface area contributed by atoms with Crippen LogP contribution in [0.15, 0.2) is 86.7 Å². The number of hydrogen-bond donors (Lipinski definition) is 7. The summed E-state index contributed by atoms with van der Waals surface area (Å²) in [6.45, 7) is -1.96. The first-order chi connectivity index (χ1) is 26.2. The van der Waals surface area contributed by atoms with E-state index in [0.29, 0.717) is 0 Å². The van der Waals surface area contributed by atoms with Crippen molar-refractivity contribution in [3.8, 4) is 0 Å². The first-order valence-corrected chi connectivity index (χ1v) is 16.2. The molecular formula is C37H26F8N6O4. The lowest BCUT2D eigenvalue weighted by atomic mass is 9.93. The van der Waals surface area contributed by atoms with Crippen molar-refractivity contribution in [3.05, 3.63) is 152 Å². The molecule has 9 N–H and O–H groups in total. The normalized spacial score (nSPS) is 18.3. The zero-order chi connectivity index (χ0) is 39.6. The molecule has 55 heavy (non-hydrogen) atoms. The highest BCUT2D eigenvalue weighted by Crippen LogP contribution is 2.41. The number of aromatic nitrogens is 1. The number of aliphatic hydroxyl groups is 4. The summed E-state index contributed by atoms with van der Waals surface area (Å²) < 4.78 is 126. The summed E-state index contributed by atoms with van der Waals surface area (Å²) in [6, 6.07) is -0.789. The quantitative estimate of drug-likeness (QED) is 0.132. The lowest BCUT2D eigenvalue weighted by molar-refractivity contribution is 0.101. The minimum atomic E-state index is -2.34. The van der Waals surface area contributed by atoms with Crippen molar-refractivity contribution in [2.24, 2.45) is 26.4 Å². The Morgan fingerprint density at radius 3 is 1.56 bits per heavy atom. The van der Waals surface area contributed by atoms with E-state index in [1.807, 2.05) is 0 Å². The predicted molar refractivity (Wildman–Crippen MR) is 183 cm³/mol. The van der Waals surface area contributed by atoms with Crippen LogP contribution in [-0.4, -0.2) is 67.8 Å². The molecule has 8 bridgehead atoms. The second kappa shape index (κ2) is 14.2. The summed E-state index contributed by atoms with van der Waals surface area (Å²) in [5, 5.41) is 39.1. The first kappa shape index (κ1) is 37.7. The van der Waals surface area contributed by atoms with Gasteiger partial charge in [0.25, 0.3) is 0 Å². The van der Waals surface area contributed by atoms with Gasteiger partial charge in [-0.25, -0.2) is 50.1 Å². The maximum Gasteiger partial charge on any atom is 0.170 e. The zero-order valence-corrected chi connectivity index (χ0v) is 27.7. The largest absolute Gasteiger partial charge is 0.395 e. The number of H-pyrrole nitrogens is 1.